The molecule has 1 heterocycles. The molecular formula is C21H21FN2O5S2. The monoisotopic (exact) mass is 464 g/mol. The highest BCUT2D eigenvalue weighted by molar-refractivity contribution is 7.92. The van der Waals surface area contributed by atoms with E-state index in [1.165, 1.54) is 47.0 Å². The number of rotatable bonds is 6. The SMILES string of the molecule is CCOC(=O)Cn1c(=NC(=O)c2ccc(S(=O)(=O)C(C)C)cc2)sc2cc(F)ccc21. The van der Waals surface area contributed by atoms with E-state index >= 15 is 0 Å². The van der Waals surface area contributed by atoms with E-state index in [0.29, 0.717) is 10.2 Å². The summed E-state index contributed by atoms with van der Waals surface area (Å²) in [5.74, 6) is -1.57. The Labute approximate surface area is 182 Å². The summed E-state index contributed by atoms with van der Waals surface area (Å²) >= 11 is 1.06. The number of ether oxygens (including phenoxy) is 1. The maximum Gasteiger partial charge on any atom is 0.326 e. The van der Waals surface area contributed by atoms with Gasteiger partial charge in [-0.15, -0.1) is 0 Å². The minimum Gasteiger partial charge on any atom is -0.465 e. The van der Waals surface area contributed by atoms with Crippen molar-refractivity contribution in [2.75, 3.05) is 6.61 Å². The first-order valence-corrected chi connectivity index (χ1v) is 11.9. The molecule has 0 unspecified atom stereocenters. The second-order valence-corrected chi connectivity index (χ2v) is 10.4. The van der Waals surface area contributed by atoms with Gasteiger partial charge in [0.2, 0.25) is 0 Å². The van der Waals surface area contributed by atoms with Gasteiger partial charge in [-0.3, -0.25) is 9.59 Å². The van der Waals surface area contributed by atoms with Crippen molar-refractivity contribution in [1.82, 2.24) is 4.57 Å². The van der Waals surface area contributed by atoms with Crippen LogP contribution in [0.25, 0.3) is 10.2 Å². The average Bonchev–Trinajstić information content (AvgIpc) is 3.04. The van der Waals surface area contributed by atoms with Gasteiger partial charge in [0.1, 0.15) is 12.4 Å². The van der Waals surface area contributed by atoms with Crippen LogP contribution in [0.2, 0.25) is 0 Å². The Morgan fingerprint density at radius 3 is 2.45 bits per heavy atom. The number of thiazole rings is 1. The van der Waals surface area contributed by atoms with Gasteiger partial charge < -0.3 is 9.30 Å². The number of fused-ring (bicyclic) bond motifs is 1. The molecule has 0 aliphatic rings. The second kappa shape index (κ2) is 9.11. The summed E-state index contributed by atoms with van der Waals surface area (Å²) in [6, 6.07) is 9.59. The Morgan fingerprint density at radius 2 is 1.84 bits per heavy atom. The predicted octanol–water partition coefficient (Wildman–Crippen LogP) is 3.33. The summed E-state index contributed by atoms with van der Waals surface area (Å²) in [5.41, 5.74) is 0.735. The van der Waals surface area contributed by atoms with Gasteiger partial charge in [0.25, 0.3) is 5.91 Å². The van der Waals surface area contributed by atoms with Gasteiger partial charge >= 0.3 is 5.97 Å². The van der Waals surface area contributed by atoms with Crippen molar-refractivity contribution in [2.45, 2.75) is 37.5 Å². The Morgan fingerprint density at radius 1 is 1.16 bits per heavy atom. The van der Waals surface area contributed by atoms with Crippen LogP contribution in [0.15, 0.2) is 52.4 Å². The van der Waals surface area contributed by atoms with Crippen LogP contribution in [-0.2, 0) is 25.9 Å². The fourth-order valence-corrected chi connectivity index (χ4v) is 4.94. The first-order chi connectivity index (χ1) is 14.6. The molecule has 3 rings (SSSR count). The highest BCUT2D eigenvalue weighted by Crippen LogP contribution is 2.20. The molecule has 0 aliphatic heterocycles. The van der Waals surface area contributed by atoms with E-state index in [0.717, 1.165) is 11.3 Å². The minimum absolute atomic E-state index is 0.119. The molecule has 0 spiro atoms. The van der Waals surface area contributed by atoms with Crippen LogP contribution in [-0.4, -0.2) is 36.7 Å². The van der Waals surface area contributed by atoms with Crippen molar-refractivity contribution in [3.8, 4) is 0 Å². The summed E-state index contributed by atoms with van der Waals surface area (Å²) in [7, 11) is -3.46. The van der Waals surface area contributed by atoms with E-state index in [1.54, 1.807) is 20.8 Å². The van der Waals surface area contributed by atoms with Crippen molar-refractivity contribution in [3.63, 3.8) is 0 Å². The zero-order valence-corrected chi connectivity index (χ0v) is 18.8. The predicted molar refractivity (Wildman–Crippen MR) is 115 cm³/mol. The van der Waals surface area contributed by atoms with Crippen LogP contribution in [0.5, 0.6) is 0 Å². The highest BCUT2D eigenvalue weighted by atomic mass is 32.2. The topological polar surface area (TPSA) is 94.8 Å². The van der Waals surface area contributed by atoms with E-state index in [2.05, 4.69) is 4.99 Å². The lowest BCUT2D eigenvalue weighted by molar-refractivity contribution is -0.143. The molecule has 2 aromatic carbocycles. The summed E-state index contributed by atoms with van der Waals surface area (Å²) in [5, 5.41) is -0.584. The average molecular weight is 465 g/mol. The van der Waals surface area contributed by atoms with Gasteiger partial charge in [0, 0.05) is 5.56 Å². The summed E-state index contributed by atoms with van der Waals surface area (Å²) in [6.45, 7) is 4.86. The van der Waals surface area contributed by atoms with Crippen LogP contribution in [0, 0.1) is 5.82 Å². The number of carbonyl (C=O) groups excluding carboxylic acids is 2. The first kappa shape index (κ1) is 22.8. The molecule has 3 aromatic rings. The van der Waals surface area contributed by atoms with Crippen LogP contribution < -0.4 is 4.80 Å². The number of aromatic nitrogens is 1. The molecule has 0 fully saturated rings. The Balaban J connectivity index is 2.03. The molecular weight excluding hydrogens is 443 g/mol. The maximum absolute atomic E-state index is 13.6. The quantitative estimate of drug-likeness (QED) is 0.522. The number of carbonyl (C=O) groups is 2. The van der Waals surface area contributed by atoms with Gasteiger partial charge in [0.05, 0.1) is 27.0 Å². The van der Waals surface area contributed by atoms with Crippen LogP contribution in [0.4, 0.5) is 4.39 Å². The minimum atomic E-state index is -3.46. The Hall–Kier alpha value is -2.85. The third kappa shape index (κ3) is 4.91. The lowest BCUT2D eigenvalue weighted by atomic mass is 10.2. The number of nitrogens with zero attached hydrogens (tertiary/aromatic N) is 2. The second-order valence-electron chi connectivity index (χ2n) is 6.92. The molecule has 31 heavy (non-hydrogen) atoms. The highest BCUT2D eigenvalue weighted by Gasteiger charge is 2.19. The van der Waals surface area contributed by atoms with Gasteiger partial charge in [-0.25, -0.2) is 12.8 Å². The molecule has 164 valence electrons. The third-order valence-corrected chi connectivity index (χ3v) is 7.70. The number of hydrogen-bond acceptors (Lipinski definition) is 6. The Bertz CT molecular complexity index is 1310. The lowest BCUT2D eigenvalue weighted by Gasteiger charge is -2.07. The normalized spacial score (nSPS) is 12.5. The van der Waals surface area contributed by atoms with Crippen molar-refractivity contribution in [3.05, 3.63) is 58.6 Å². The molecule has 7 nitrogen and oxygen atoms in total. The van der Waals surface area contributed by atoms with Gasteiger partial charge in [-0.2, -0.15) is 4.99 Å². The largest absolute Gasteiger partial charge is 0.465 e. The van der Waals surface area contributed by atoms with Crippen LogP contribution in [0.3, 0.4) is 0 Å². The van der Waals surface area contributed by atoms with Gasteiger partial charge in [0.15, 0.2) is 14.6 Å². The van der Waals surface area contributed by atoms with E-state index in [-0.39, 0.29) is 28.4 Å². The van der Waals surface area contributed by atoms with Crippen LogP contribution >= 0.6 is 11.3 Å². The van der Waals surface area contributed by atoms with Gasteiger partial charge in [-0.05, 0) is 63.2 Å². The summed E-state index contributed by atoms with van der Waals surface area (Å²) in [6.07, 6.45) is 0. The zero-order chi connectivity index (χ0) is 22.8. The molecule has 0 radical (unpaired) electrons. The number of benzene rings is 2. The fraction of sp³-hybridized carbons (Fsp3) is 0.286. The molecule has 0 bridgehead atoms. The van der Waals surface area contributed by atoms with Gasteiger partial charge in [-0.1, -0.05) is 11.3 Å². The molecule has 0 aliphatic carbocycles. The molecule has 0 atom stereocenters. The fourth-order valence-electron chi connectivity index (χ4n) is 2.83. The third-order valence-electron chi connectivity index (χ3n) is 4.48. The number of halogens is 1. The molecule has 0 N–H and O–H groups in total. The smallest absolute Gasteiger partial charge is 0.326 e. The van der Waals surface area contributed by atoms with Crippen molar-refractivity contribution >= 4 is 43.3 Å². The van der Waals surface area contributed by atoms with Crippen molar-refractivity contribution < 1.29 is 27.1 Å². The maximum atomic E-state index is 13.6. The zero-order valence-electron chi connectivity index (χ0n) is 17.2. The van der Waals surface area contributed by atoms with E-state index in [1.807, 2.05) is 0 Å². The number of hydrogen-bond donors (Lipinski definition) is 0. The first-order valence-electron chi connectivity index (χ1n) is 9.51. The van der Waals surface area contributed by atoms with Crippen molar-refractivity contribution in [2.24, 2.45) is 4.99 Å². The summed E-state index contributed by atoms with van der Waals surface area (Å²) in [4.78, 5) is 29.1. The molecule has 1 aromatic heterocycles. The summed E-state index contributed by atoms with van der Waals surface area (Å²) < 4.78 is 45.1. The van der Waals surface area contributed by atoms with Crippen LogP contribution in [0.1, 0.15) is 31.1 Å². The molecule has 0 saturated heterocycles. The van der Waals surface area contributed by atoms with E-state index in [9.17, 15) is 22.4 Å². The van der Waals surface area contributed by atoms with E-state index < -0.39 is 32.8 Å². The lowest BCUT2D eigenvalue weighted by Crippen LogP contribution is -2.23. The molecule has 0 saturated carbocycles. The number of esters is 1. The molecule has 1 amide bonds. The number of sulfone groups is 1. The van der Waals surface area contributed by atoms with E-state index in [4.69, 9.17) is 4.74 Å². The van der Waals surface area contributed by atoms with Crippen molar-refractivity contribution in [1.29, 1.82) is 0 Å². The standard InChI is InChI=1S/C21H21FN2O5S2/c1-4-29-19(25)12-24-17-10-7-15(22)11-18(17)30-21(24)23-20(26)14-5-8-16(9-6-14)31(27,28)13(2)3/h5-11,13H,4,12H2,1-3H3. The Kier molecular flexibility index (Phi) is 6.71. The molecule has 10 heteroatoms. The number of amides is 1.